The third-order valence-corrected chi connectivity index (χ3v) is 3.26. The van der Waals surface area contributed by atoms with Crippen LogP contribution in [0.1, 0.15) is 5.56 Å². The molecule has 1 N–H and O–H groups in total. The minimum Gasteiger partial charge on any atom is -0.326 e. The number of rotatable bonds is 0. The molecule has 16 heavy (non-hydrogen) atoms. The van der Waals surface area contributed by atoms with Gasteiger partial charge in [-0.15, -0.1) is 0 Å². The maximum atomic E-state index is 11.7. The molecule has 80 valence electrons. The second-order valence-corrected chi connectivity index (χ2v) is 4.76. The van der Waals surface area contributed by atoms with E-state index in [1.807, 2.05) is 29.7 Å². The summed E-state index contributed by atoms with van der Waals surface area (Å²) in [6.45, 7) is 2.04. The van der Waals surface area contributed by atoms with Crippen LogP contribution in [0.5, 0.6) is 0 Å². The van der Waals surface area contributed by atoms with Crippen molar-refractivity contribution in [2.24, 2.45) is 0 Å². The lowest BCUT2D eigenvalue weighted by molar-refractivity contribution is 1.13. The lowest BCUT2D eigenvalue weighted by Crippen LogP contribution is -2.06. The molecule has 0 saturated carbocycles. The number of hydrogen-bond acceptors (Lipinski definition) is 1. The second-order valence-electron chi connectivity index (χ2n) is 3.84. The summed E-state index contributed by atoms with van der Waals surface area (Å²) in [6.07, 6.45) is 3.52. The molecule has 2 heterocycles. The van der Waals surface area contributed by atoms with Crippen LogP contribution in [-0.4, -0.2) is 9.38 Å². The van der Waals surface area contributed by atoms with E-state index in [-0.39, 0.29) is 5.56 Å². The number of nitrogens with one attached hydrogen (secondary N) is 1. The highest BCUT2D eigenvalue weighted by atomic mass is 79.9. The molecule has 0 unspecified atom stereocenters. The first-order valence-electron chi connectivity index (χ1n) is 4.95. The summed E-state index contributed by atoms with van der Waals surface area (Å²) in [5, 5.41) is 1.11. The molecule has 0 saturated heterocycles. The predicted molar refractivity (Wildman–Crippen MR) is 68.0 cm³/mol. The van der Waals surface area contributed by atoms with Crippen LogP contribution in [0.25, 0.3) is 16.4 Å². The van der Waals surface area contributed by atoms with Crippen molar-refractivity contribution in [2.45, 2.75) is 6.92 Å². The molecule has 0 bridgehead atoms. The van der Waals surface area contributed by atoms with Gasteiger partial charge in [0.15, 0.2) is 0 Å². The Labute approximate surface area is 99.8 Å². The van der Waals surface area contributed by atoms with Gasteiger partial charge in [-0.3, -0.25) is 4.79 Å². The van der Waals surface area contributed by atoms with Crippen LogP contribution < -0.4 is 5.56 Å². The third-order valence-electron chi connectivity index (χ3n) is 2.80. The Bertz CT molecular complexity index is 755. The zero-order valence-corrected chi connectivity index (χ0v) is 10.2. The molecule has 0 atom stereocenters. The second kappa shape index (κ2) is 3.22. The molecule has 3 aromatic rings. The van der Waals surface area contributed by atoms with Gasteiger partial charge in [0.2, 0.25) is 0 Å². The summed E-state index contributed by atoms with van der Waals surface area (Å²) in [5.74, 6) is 0. The zero-order valence-electron chi connectivity index (χ0n) is 8.62. The first kappa shape index (κ1) is 9.66. The SMILES string of the molecule is Cc1cc(Br)cc2c1cc1c(=O)[nH]ccn12. The number of halogens is 1. The average Bonchev–Trinajstić information content (AvgIpc) is 2.59. The first-order valence-corrected chi connectivity index (χ1v) is 5.75. The molecule has 0 spiro atoms. The van der Waals surface area contributed by atoms with E-state index in [0.29, 0.717) is 5.52 Å². The van der Waals surface area contributed by atoms with E-state index in [4.69, 9.17) is 0 Å². The molecule has 4 heteroatoms. The normalized spacial score (nSPS) is 11.4. The van der Waals surface area contributed by atoms with Crippen molar-refractivity contribution in [3.63, 3.8) is 0 Å². The van der Waals surface area contributed by atoms with E-state index in [2.05, 4.69) is 27.0 Å². The summed E-state index contributed by atoms with van der Waals surface area (Å²) in [5.41, 5.74) is 2.83. The summed E-state index contributed by atoms with van der Waals surface area (Å²) in [6, 6.07) is 6.00. The Morgan fingerprint density at radius 3 is 2.88 bits per heavy atom. The van der Waals surface area contributed by atoms with Crippen molar-refractivity contribution >= 4 is 32.3 Å². The molecule has 0 aliphatic heterocycles. The van der Waals surface area contributed by atoms with Gasteiger partial charge in [0, 0.05) is 22.3 Å². The van der Waals surface area contributed by atoms with Gasteiger partial charge in [-0.2, -0.15) is 0 Å². The molecule has 0 aliphatic rings. The number of benzene rings is 1. The summed E-state index contributed by atoms with van der Waals surface area (Å²) >= 11 is 3.47. The van der Waals surface area contributed by atoms with Crippen molar-refractivity contribution in [2.75, 3.05) is 0 Å². The van der Waals surface area contributed by atoms with Crippen molar-refractivity contribution < 1.29 is 0 Å². The van der Waals surface area contributed by atoms with Crippen molar-refractivity contribution in [1.29, 1.82) is 0 Å². The molecule has 3 nitrogen and oxygen atoms in total. The standard InChI is InChI=1S/C12H9BrN2O/c1-7-4-8(13)5-10-9(7)6-11-12(16)14-2-3-15(10)11/h2-6H,1H3,(H,14,16). The van der Waals surface area contributed by atoms with Crippen LogP contribution in [0.4, 0.5) is 0 Å². The molecule has 1 aromatic carbocycles. The molecular formula is C12H9BrN2O. The fourth-order valence-corrected chi connectivity index (χ4v) is 2.62. The molecule has 2 aromatic heterocycles. The molecule has 0 amide bonds. The minimum atomic E-state index is -0.0609. The Morgan fingerprint density at radius 1 is 1.25 bits per heavy atom. The number of hydrogen-bond donors (Lipinski definition) is 1. The van der Waals surface area contributed by atoms with Crippen molar-refractivity contribution in [1.82, 2.24) is 9.38 Å². The highest BCUT2D eigenvalue weighted by Gasteiger charge is 2.07. The number of H-pyrrole nitrogens is 1. The monoisotopic (exact) mass is 276 g/mol. The van der Waals surface area contributed by atoms with Crippen LogP contribution >= 0.6 is 15.9 Å². The van der Waals surface area contributed by atoms with Crippen molar-refractivity contribution in [3.8, 4) is 0 Å². The maximum Gasteiger partial charge on any atom is 0.272 e. The number of fused-ring (bicyclic) bond motifs is 3. The average molecular weight is 277 g/mol. The summed E-state index contributed by atoms with van der Waals surface area (Å²) < 4.78 is 2.93. The smallest absolute Gasteiger partial charge is 0.272 e. The van der Waals surface area contributed by atoms with Crippen LogP contribution in [0.3, 0.4) is 0 Å². The highest BCUT2D eigenvalue weighted by molar-refractivity contribution is 9.10. The van der Waals surface area contributed by atoms with Gasteiger partial charge >= 0.3 is 0 Å². The van der Waals surface area contributed by atoms with Gasteiger partial charge in [-0.25, -0.2) is 0 Å². The fraction of sp³-hybridized carbons (Fsp3) is 0.0833. The van der Waals surface area contributed by atoms with Crippen molar-refractivity contribution in [3.05, 3.63) is 51.0 Å². The largest absolute Gasteiger partial charge is 0.326 e. The fourth-order valence-electron chi connectivity index (χ4n) is 2.06. The van der Waals surface area contributed by atoms with Crippen LogP contribution in [-0.2, 0) is 0 Å². The van der Waals surface area contributed by atoms with E-state index in [9.17, 15) is 4.79 Å². The summed E-state index contributed by atoms with van der Waals surface area (Å²) in [7, 11) is 0. The Hall–Kier alpha value is -1.55. The number of aromatic nitrogens is 2. The summed E-state index contributed by atoms with van der Waals surface area (Å²) in [4.78, 5) is 14.3. The minimum absolute atomic E-state index is 0.0609. The lowest BCUT2D eigenvalue weighted by Gasteiger charge is -1.99. The quantitative estimate of drug-likeness (QED) is 0.674. The molecule has 0 aliphatic carbocycles. The molecular weight excluding hydrogens is 268 g/mol. The zero-order chi connectivity index (χ0) is 11.3. The molecule has 0 radical (unpaired) electrons. The van der Waals surface area contributed by atoms with E-state index in [0.717, 1.165) is 20.9 Å². The van der Waals surface area contributed by atoms with Gasteiger partial charge in [0.1, 0.15) is 5.52 Å². The Morgan fingerprint density at radius 2 is 2.06 bits per heavy atom. The Kier molecular flexibility index (Phi) is 1.94. The number of nitrogens with zero attached hydrogens (tertiary/aromatic N) is 1. The molecule has 0 fully saturated rings. The van der Waals surface area contributed by atoms with Gasteiger partial charge in [-0.1, -0.05) is 15.9 Å². The maximum absolute atomic E-state index is 11.7. The van der Waals surface area contributed by atoms with E-state index < -0.39 is 0 Å². The predicted octanol–water partition coefficient (Wildman–Crippen LogP) is 2.85. The van der Waals surface area contributed by atoms with Gasteiger partial charge in [-0.05, 0) is 30.7 Å². The highest BCUT2D eigenvalue weighted by Crippen LogP contribution is 2.25. The van der Waals surface area contributed by atoms with Gasteiger partial charge < -0.3 is 9.38 Å². The first-order chi connectivity index (χ1) is 7.66. The topological polar surface area (TPSA) is 37.3 Å². The van der Waals surface area contributed by atoms with Crippen LogP contribution in [0.15, 0.2) is 39.9 Å². The Balaban J connectivity index is 2.66. The third kappa shape index (κ3) is 1.23. The van der Waals surface area contributed by atoms with E-state index >= 15 is 0 Å². The number of aromatic amines is 1. The number of aryl methyl sites for hydroxylation is 1. The van der Waals surface area contributed by atoms with E-state index in [1.54, 1.807) is 6.20 Å². The molecule has 3 rings (SSSR count). The van der Waals surface area contributed by atoms with Crippen LogP contribution in [0, 0.1) is 6.92 Å². The van der Waals surface area contributed by atoms with Crippen LogP contribution in [0.2, 0.25) is 0 Å². The van der Waals surface area contributed by atoms with Gasteiger partial charge in [0.05, 0.1) is 5.52 Å². The lowest BCUT2D eigenvalue weighted by atomic mass is 10.1. The van der Waals surface area contributed by atoms with E-state index in [1.165, 1.54) is 0 Å². The van der Waals surface area contributed by atoms with Gasteiger partial charge in [0.25, 0.3) is 5.56 Å².